The fraction of sp³-hybridized carbons (Fsp3) is 0.368. The van der Waals surface area contributed by atoms with Crippen LogP contribution < -0.4 is 14.8 Å². The summed E-state index contributed by atoms with van der Waals surface area (Å²) in [7, 11) is -1.01. The van der Waals surface area contributed by atoms with E-state index in [-0.39, 0.29) is 11.5 Å². The van der Waals surface area contributed by atoms with E-state index in [4.69, 9.17) is 9.47 Å². The summed E-state index contributed by atoms with van der Waals surface area (Å²) in [5, 5.41) is 0.518. The lowest BCUT2D eigenvalue weighted by molar-refractivity contribution is 0.389. The van der Waals surface area contributed by atoms with Gasteiger partial charge in [-0.1, -0.05) is 45.0 Å². The second-order valence-corrected chi connectivity index (χ2v) is 10.5. The number of ether oxygens (including phenoxy) is 2. The molecule has 122 valence electrons. The first-order valence-electron chi connectivity index (χ1n) is 7.79. The zero-order chi connectivity index (χ0) is 16.8. The normalized spacial score (nSPS) is 20.0. The number of benzene rings is 2. The summed E-state index contributed by atoms with van der Waals surface area (Å²) < 4.78 is 25.2. The molecular weight excluding hydrogens is 307 g/mol. The molecule has 0 fully saturated rings. The van der Waals surface area contributed by atoms with Crippen molar-refractivity contribution in [1.82, 2.24) is 0 Å². The molecule has 0 bridgehead atoms. The SMILES string of the molecule is COc1cccc(C)c1-c1cccc2c1[P@@](=O)(C(C)(C)C)CO2. The minimum atomic E-state index is -2.67. The van der Waals surface area contributed by atoms with E-state index in [1.807, 2.05) is 51.1 Å². The molecule has 0 saturated heterocycles. The molecule has 1 atom stereocenters. The second kappa shape index (κ2) is 5.42. The van der Waals surface area contributed by atoms with Gasteiger partial charge in [-0.3, -0.25) is 0 Å². The van der Waals surface area contributed by atoms with Crippen molar-refractivity contribution in [3.8, 4) is 22.6 Å². The summed E-state index contributed by atoms with van der Waals surface area (Å²) in [6.45, 7) is 8.13. The van der Waals surface area contributed by atoms with Crippen molar-refractivity contribution in [2.45, 2.75) is 32.9 Å². The number of fused-ring (bicyclic) bond motifs is 1. The van der Waals surface area contributed by atoms with Gasteiger partial charge in [0.2, 0.25) is 0 Å². The molecule has 1 aliphatic heterocycles. The molecule has 3 nitrogen and oxygen atoms in total. The highest BCUT2D eigenvalue weighted by molar-refractivity contribution is 7.73. The number of hydrogen-bond acceptors (Lipinski definition) is 3. The van der Waals surface area contributed by atoms with Crippen LogP contribution in [0.2, 0.25) is 0 Å². The van der Waals surface area contributed by atoms with Crippen LogP contribution in [0.1, 0.15) is 26.3 Å². The predicted molar refractivity (Wildman–Crippen MR) is 95.7 cm³/mol. The van der Waals surface area contributed by atoms with Crippen LogP contribution in [0.5, 0.6) is 11.5 Å². The molecule has 23 heavy (non-hydrogen) atoms. The van der Waals surface area contributed by atoms with E-state index >= 15 is 0 Å². The molecule has 0 aromatic heterocycles. The number of rotatable bonds is 2. The molecule has 0 N–H and O–H groups in total. The van der Waals surface area contributed by atoms with Crippen LogP contribution in [-0.4, -0.2) is 18.6 Å². The van der Waals surface area contributed by atoms with Crippen molar-refractivity contribution in [2.24, 2.45) is 0 Å². The van der Waals surface area contributed by atoms with Crippen molar-refractivity contribution in [3.05, 3.63) is 42.0 Å². The first-order valence-corrected chi connectivity index (χ1v) is 9.68. The number of aryl methyl sites for hydroxylation is 1. The third-order valence-electron chi connectivity index (χ3n) is 4.57. The Labute approximate surface area is 138 Å². The molecule has 3 rings (SSSR count). The molecule has 0 saturated carbocycles. The monoisotopic (exact) mass is 330 g/mol. The van der Waals surface area contributed by atoms with E-state index < -0.39 is 7.14 Å². The van der Waals surface area contributed by atoms with Crippen LogP contribution in [0.15, 0.2) is 36.4 Å². The molecule has 0 unspecified atom stereocenters. The van der Waals surface area contributed by atoms with Crippen LogP contribution in [0.3, 0.4) is 0 Å². The summed E-state index contributed by atoms with van der Waals surface area (Å²) in [5.74, 6) is 1.54. The average molecular weight is 330 g/mol. The highest BCUT2D eigenvalue weighted by Crippen LogP contribution is 2.63. The minimum Gasteiger partial charge on any atom is -0.496 e. The first-order chi connectivity index (χ1) is 10.8. The standard InChI is InChI=1S/C19H23O3P/c1-13-8-6-10-15(21-5)17(13)14-9-7-11-16-18(14)23(20,12-22-16)19(2,3)4/h6-11H,12H2,1-5H3/t23-/m1/s1. The lowest BCUT2D eigenvalue weighted by Crippen LogP contribution is -2.23. The van der Waals surface area contributed by atoms with Crippen molar-refractivity contribution in [2.75, 3.05) is 13.5 Å². The highest BCUT2D eigenvalue weighted by Gasteiger charge is 2.46. The van der Waals surface area contributed by atoms with Crippen LogP contribution >= 0.6 is 7.14 Å². The molecular formula is C19H23O3P. The maximum absolute atomic E-state index is 13.8. The van der Waals surface area contributed by atoms with E-state index in [1.165, 1.54) is 0 Å². The van der Waals surface area contributed by atoms with E-state index in [9.17, 15) is 4.57 Å². The Morgan fingerprint density at radius 3 is 2.48 bits per heavy atom. The van der Waals surface area contributed by atoms with Crippen molar-refractivity contribution in [1.29, 1.82) is 0 Å². The van der Waals surface area contributed by atoms with Gasteiger partial charge in [-0.2, -0.15) is 0 Å². The Morgan fingerprint density at radius 2 is 1.83 bits per heavy atom. The summed E-state index contributed by atoms with van der Waals surface area (Å²) in [4.78, 5) is 0. The second-order valence-electron chi connectivity index (χ2n) is 6.99. The quantitative estimate of drug-likeness (QED) is 0.742. The van der Waals surface area contributed by atoms with Gasteiger partial charge in [0.15, 0.2) is 7.14 Å². The number of hydrogen-bond donors (Lipinski definition) is 0. The molecule has 1 aliphatic rings. The number of methoxy groups -OCH3 is 1. The van der Waals surface area contributed by atoms with Gasteiger partial charge in [0, 0.05) is 16.3 Å². The zero-order valence-electron chi connectivity index (χ0n) is 14.3. The van der Waals surface area contributed by atoms with Gasteiger partial charge in [0.1, 0.15) is 17.8 Å². The summed E-state index contributed by atoms with van der Waals surface area (Å²) in [6, 6.07) is 11.9. The molecule has 0 radical (unpaired) electrons. The van der Waals surface area contributed by atoms with Gasteiger partial charge in [0.05, 0.1) is 12.4 Å². The Bertz CT molecular complexity index is 803. The van der Waals surface area contributed by atoms with Crippen molar-refractivity contribution in [3.63, 3.8) is 0 Å². The Kier molecular flexibility index (Phi) is 3.80. The molecule has 1 heterocycles. The Balaban J connectivity index is 2.35. The Hall–Kier alpha value is -1.73. The minimum absolute atomic E-state index is 0.275. The van der Waals surface area contributed by atoms with Crippen molar-refractivity contribution < 1.29 is 14.0 Å². The maximum Gasteiger partial charge on any atom is 0.160 e. The van der Waals surface area contributed by atoms with Gasteiger partial charge < -0.3 is 14.0 Å². The van der Waals surface area contributed by atoms with Crippen LogP contribution in [-0.2, 0) is 4.57 Å². The molecule has 0 amide bonds. The van der Waals surface area contributed by atoms with Gasteiger partial charge in [-0.05, 0) is 24.6 Å². The zero-order valence-corrected chi connectivity index (χ0v) is 15.2. The Morgan fingerprint density at radius 1 is 1.13 bits per heavy atom. The largest absolute Gasteiger partial charge is 0.496 e. The summed E-state index contributed by atoms with van der Waals surface area (Å²) in [5.41, 5.74) is 3.07. The van der Waals surface area contributed by atoms with Gasteiger partial charge >= 0.3 is 0 Å². The topological polar surface area (TPSA) is 35.5 Å². The van der Waals surface area contributed by atoms with E-state index in [0.717, 1.165) is 33.5 Å². The molecule has 0 aliphatic carbocycles. The van der Waals surface area contributed by atoms with Crippen molar-refractivity contribution >= 4 is 12.4 Å². The molecule has 4 heteroatoms. The predicted octanol–water partition coefficient (Wildman–Crippen LogP) is 4.81. The third-order valence-corrected chi connectivity index (χ3v) is 8.41. The first kappa shape index (κ1) is 16.1. The fourth-order valence-corrected chi connectivity index (χ4v) is 5.70. The van der Waals surface area contributed by atoms with Crippen LogP contribution in [0.4, 0.5) is 0 Å². The van der Waals surface area contributed by atoms with Crippen LogP contribution in [0, 0.1) is 6.92 Å². The van der Waals surface area contributed by atoms with E-state index in [1.54, 1.807) is 7.11 Å². The van der Waals surface area contributed by atoms with Gasteiger partial charge in [0.25, 0.3) is 0 Å². The van der Waals surface area contributed by atoms with Gasteiger partial charge in [-0.15, -0.1) is 0 Å². The molecule has 0 spiro atoms. The van der Waals surface area contributed by atoms with Crippen LogP contribution in [0.25, 0.3) is 11.1 Å². The van der Waals surface area contributed by atoms with E-state index in [2.05, 4.69) is 13.0 Å². The molecule has 2 aromatic rings. The lowest BCUT2D eigenvalue weighted by Gasteiger charge is -2.28. The maximum atomic E-state index is 13.8. The average Bonchev–Trinajstić information content (AvgIpc) is 2.86. The fourth-order valence-electron chi connectivity index (χ4n) is 3.12. The summed E-state index contributed by atoms with van der Waals surface area (Å²) in [6.07, 6.45) is 0.275. The smallest absolute Gasteiger partial charge is 0.160 e. The van der Waals surface area contributed by atoms with Gasteiger partial charge in [-0.25, -0.2) is 0 Å². The molecule has 2 aromatic carbocycles. The van der Waals surface area contributed by atoms with E-state index in [0.29, 0.717) is 0 Å². The lowest BCUT2D eigenvalue weighted by atomic mass is 9.99. The third kappa shape index (κ3) is 2.38. The highest BCUT2D eigenvalue weighted by atomic mass is 31.2. The summed E-state index contributed by atoms with van der Waals surface area (Å²) >= 11 is 0.